The van der Waals surface area contributed by atoms with Gasteiger partial charge in [0, 0.05) is 17.7 Å². The summed E-state index contributed by atoms with van der Waals surface area (Å²) in [6.07, 6.45) is 2.83. The molecule has 0 unspecified atom stereocenters. The summed E-state index contributed by atoms with van der Waals surface area (Å²) in [6, 6.07) is 13.9. The zero-order chi connectivity index (χ0) is 21.8. The minimum atomic E-state index is -1.04. The maximum atomic E-state index is 12.3. The van der Waals surface area contributed by atoms with Gasteiger partial charge in [0.05, 0.1) is 11.3 Å². The van der Waals surface area contributed by atoms with Crippen molar-refractivity contribution >= 4 is 46.1 Å². The van der Waals surface area contributed by atoms with Gasteiger partial charge >= 0.3 is 5.97 Å². The Morgan fingerprint density at radius 2 is 1.87 bits per heavy atom. The van der Waals surface area contributed by atoms with E-state index in [-0.39, 0.29) is 23.8 Å². The predicted molar refractivity (Wildman–Crippen MR) is 120 cm³/mol. The largest absolute Gasteiger partial charge is 0.478 e. The van der Waals surface area contributed by atoms with E-state index in [1.54, 1.807) is 0 Å². The molecule has 0 bridgehead atoms. The second-order valence-corrected chi connectivity index (χ2v) is 8.38. The number of aryl methyl sites for hydroxylation is 1. The van der Waals surface area contributed by atoms with Crippen LogP contribution in [0.4, 0.5) is 5.69 Å². The molecule has 2 amide bonds. The summed E-state index contributed by atoms with van der Waals surface area (Å²) >= 11 is 1.18. The van der Waals surface area contributed by atoms with Crippen LogP contribution in [0.5, 0.6) is 0 Å². The van der Waals surface area contributed by atoms with Gasteiger partial charge in [0.15, 0.2) is 5.17 Å². The number of nitrogens with one attached hydrogen (secondary N) is 2. The van der Waals surface area contributed by atoms with Gasteiger partial charge in [-0.3, -0.25) is 9.59 Å². The van der Waals surface area contributed by atoms with Crippen molar-refractivity contribution in [3.8, 4) is 0 Å². The second kappa shape index (κ2) is 9.13. The molecule has 2 aliphatic rings. The van der Waals surface area contributed by atoms with Crippen LogP contribution in [0.1, 0.15) is 40.7 Å². The van der Waals surface area contributed by atoms with Crippen molar-refractivity contribution in [1.29, 1.82) is 0 Å². The molecule has 0 spiro atoms. The van der Waals surface area contributed by atoms with Gasteiger partial charge in [-0.15, -0.1) is 5.10 Å². The maximum absolute atomic E-state index is 12.3. The average molecular weight is 436 g/mol. The fourth-order valence-electron chi connectivity index (χ4n) is 3.47. The van der Waals surface area contributed by atoms with Crippen molar-refractivity contribution in [1.82, 2.24) is 5.32 Å². The first kappa shape index (κ1) is 20.8. The molecule has 1 atom stereocenters. The van der Waals surface area contributed by atoms with Crippen LogP contribution in [0.3, 0.4) is 0 Å². The lowest BCUT2D eigenvalue weighted by Gasteiger charge is -2.16. The molecule has 2 aromatic carbocycles. The molecule has 8 nitrogen and oxygen atoms in total. The highest BCUT2D eigenvalue weighted by molar-refractivity contribution is 8.15. The molecule has 1 saturated heterocycles. The molecule has 3 N–H and O–H groups in total. The van der Waals surface area contributed by atoms with Crippen LogP contribution in [0, 0.1) is 0 Å². The Hall–Kier alpha value is -3.46. The molecular formula is C22H20N4O4S. The highest BCUT2D eigenvalue weighted by Gasteiger charge is 2.32. The standard InChI is InChI=1S/C22H20N4O4S/c27-19(23-15-10-8-14(9-11-15)21(29)30)12-18-20(28)24-22(31-18)26-25-17-7-3-5-13-4-1-2-6-16(13)17/h1-2,4,6,8-11,18H,3,5,7,12H2,(H,23,27)(H,29,30)(H,24,26,28)/b25-17-/t18-/m0/s1. The van der Waals surface area contributed by atoms with Gasteiger partial charge in [0.25, 0.3) is 0 Å². The first-order valence-corrected chi connectivity index (χ1v) is 10.7. The summed E-state index contributed by atoms with van der Waals surface area (Å²) in [6.45, 7) is 0. The molecular weight excluding hydrogens is 416 g/mol. The summed E-state index contributed by atoms with van der Waals surface area (Å²) in [7, 11) is 0. The number of carbonyl (C=O) groups is 3. The fourth-order valence-corrected chi connectivity index (χ4v) is 4.39. The Balaban J connectivity index is 1.37. The smallest absolute Gasteiger partial charge is 0.335 e. The van der Waals surface area contributed by atoms with E-state index in [0.29, 0.717) is 10.9 Å². The van der Waals surface area contributed by atoms with Crippen molar-refractivity contribution < 1.29 is 19.5 Å². The van der Waals surface area contributed by atoms with Crippen LogP contribution in [0.2, 0.25) is 0 Å². The molecule has 0 saturated carbocycles. The number of aromatic carboxylic acids is 1. The van der Waals surface area contributed by atoms with Crippen molar-refractivity contribution in [2.75, 3.05) is 5.32 Å². The molecule has 2 aromatic rings. The number of thioether (sulfide) groups is 1. The van der Waals surface area contributed by atoms with E-state index in [0.717, 1.165) is 30.5 Å². The highest BCUT2D eigenvalue weighted by atomic mass is 32.2. The Bertz CT molecular complexity index is 1090. The highest BCUT2D eigenvalue weighted by Crippen LogP contribution is 2.25. The minimum absolute atomic E-state index is 0.0321. The number of amidine groups is 1. The van der Waals surface area contributed by atoms with E-state index in [1.165, 1.54) is 41.6 Å². The Labute approximate surface area is 182 Å². The van der Waals surface area contributed by atoms with Crippen molar-refractivity contribution in [3.05, 3.63) is 65.2 Å². The SMILES string of the molecule is O=C(C[C@@H]1S/C(=N/N=C2/CCCc3ccccc32)NC1=O)Nc1ccc(C(=O)O)cc1. The Morgan fingerprint density at radius 1 is 1.10 bits per heavy atom. The molecule has 4 rings (SSSR count). The number of fused-ring (bicyclic) bond motifs is 1. The van der Waals surface area contributed by atoms with Crippen LogP contribution in [0.25, 0.3) is 0 Å². The molecule has 9 heteroatoms. The van der Waals surface area contributed by atoms with E-state index in [9.17, 15) is 14.4 Å². The number of amides is 2. The first-order chi connectivity index (χ1) is 15.0. The van der Waals surface area contributed by atoms with E-state index in [2.05, 4.69) is 26.9 Å². The summed E-state index contributed by atoms with van der Waals surface area (Å²) < 4.78 is 0. The number of benzene rings is 2. The lowest BCUT2D eigenvalue weighted by molar-refractivity contribution is -0.122. The number of hydrogen-bond acceptors (Lipinski definition) is 6. The summed E-state index contributed by atoms with van der Waals surface area (Å²) in [5.41, 5.74) is 3.84. The molecule has 0 radical (unpaired) electrons. The Morgan fingerprint density at radius 3 is 2.65 bits per heavy atom. The van der Waals surface area contributed by atoms with Crippen LogP contribution in [0.15, 0.2) is 58.7 Å². The number of hydrogen-bond donors (Lipinski definition) is 3. The molecule has 1 aliphatic carbocycles. The first-order valence-electron chi connectivity index (χ1n) is 9.83. The van der Waals surface area contributed by atoms with E-state index in [4.69, 9.17) is 5.11 Å². The minimum Gasteiger partial charge on any atom is -0.478 e. The van der Waals surface area contributed by atoms with Gasteiger partial charge in [0.2, 0.25) is 11.8 Å². The van der Waals surface area contributed by atoms with Gasteiger partial charge in [-0.2, -0.15) is 5.10 Å². The topological polar surface area (TPSA) is 120 Å². The third-order valence-corrected chi connectivity index (χ3v) is 6.08. The quantitative estimate of drug-likeness (QED) is 0.622. The number of rotatable bonds is 5. The molecule has 1 heterocycles. The van der Waals surface area contributed by atoms with Crippen molar-refractivity contribution in [3.63, 3.8) is 0 Å². The van der Waals surface area contributed by atoms with Crippen LogP contribution < -0.4 is 10.6 Å². The predicted octanol–water partition coefficient (Wildman–Crippen LogP) is 3.04. The number of anilines is 1. The third-order valence-electron chi connectivity index (χ3n) is 5.01. The maximum Gasteiger partial charge on any atom is 0.335 e. The number of carboxylic acid groups (broad SMARTS) is 1. The van der Waals surface area contributed by atoms with Gasteiger partial charge in [-0.25, -0.2) is 4.79 Å². The monoisotopic (exact) mass is 436 g/mol. The van der Waals surface area contributed by atoms with E-state index < -0.39 is 11.2 Å². The third kappa shape index (κ3) is 5.00. The van der Waals surface area contributed by atoms with Gasteiger partial charge in [-0.1, -0.05) is 36.0 Å². The summed E-state index contributed by atoms with van der Waals surface area (Å²) in [5.74, 6) is -1.67. The van der Waals surface area contributed by atoms with Crippen molar-refractivity contribution in [2.45, 2.75) is 30.9 Å². The Kier molecular flexibility index (Phi) is 6.13. The summed E-state index contributed by atoms with van der Waals surface area (Å²) in [4.78, 5) is 35.4. The number of carbonyl (C=O) groups excluding carboxylic acids is 2. The normalized spacial score (nSPS) is 20.4. The van der Waals surface area contributed by atoms with E-state index >= 15 is 0 Å². The fraction of sp³-hybridized carbons (Fsp3) is 0.227. The van der Waals surface area contributed by atoms with E-state index in [1.807, 2.05) is 18.2 Å². The molecule has 158 valence electrons. The molecule has 1 fully saturated rings. The summed E-state index contributed by atoms with van der Waals surface area (Å²) in [5, 5.41) is 22.6. The van der Waals surface area contributed by atoms with Gasteiger partial charge in [-0.05, 0) is 49.1 Å². The van der Waals surface area contributed by atoms with Crippen LogP contribution in [-0.2, 0) is 16.0 Å². The van der Waals surface area contributed by atoms with Gasteiger partial charge < -0.3 is 15.7 Å². The lowest BCUT2D eigenvalue weighted by atomic mass is 9.90. The molecule has 0 aromatic heterocycles. The average Bonchev–Trinajstić information content (AvgIpc) is 3.11. The lowest BCUT2D eigenvalue weighted by Crippen LogP contribution is -2.28. The zero-order valence-electron chi connectivity index (χ0n) is 16.5. The zero-order valence-corrected chi connectivity index (χ0v) is 17.3. The van der Waals surface area contributed by atoms with Crippen LogP contribution in [-0.4, -0.2) is 39.0 Å². The second-order valence-electron chi connectivity index (χ2n) is 7.19. The molecule has 1 aliphatic heterocycles. The number of nitrogens with zero attached hydrogens (tertiary/aromatic N) is 2. The molecule has 31 heavy (non-hydrogen) atoms. The van der Waals surface area contributed by atoms with Gasteiger partial charge in [0.1, 0.15) is 5.25 Å². The van der Waals surface area contributed by atoms with Crippen LogP contribution >= 0.6 is 11.8 Å². The van der Waals surface area contributed by atoms with Crippen molar-refractivity contribution in [2.24, 2.45) is 10.2 Å². The number of carboxylic acids is 1.